The molecule has 1 fully saturated rings. The molecule has 0 saturated carbocycles. The number of carbonyl (C=O) groups excluding carboxylic acids is 1. The molecule has 1 atom stereocenters. The molecule has 0 radical (unpaired) electrons. The molecule has 0 bridgehead atoms. The number of pyridine rings is 1. The van der Waals surface area contributed by atoms with Gasteiger partial charge in [-0.15, -0.1) is 0 Å². The minimum Gasteiger partial charge on any atom is -0.338 e. The smallest absolute Gasteiger partial charge is 0.254 e. The number of hydrogen-bond acceptors (Lipinski definition) is 3. The second-order valence-electron chi connectivity index (χ2n) is 6.55. The second-order valence-corrected chi connectivity index (χ2v) is 7.87. The molecule has 1 saturated heterocycles. The van der Waals surface area contributed by atoms with Crippen molar-refractivity contribution in [3.8, 4) is 0 Å². The van der Waals surface area contributed by atoms with Gasteiger partial charge in [0, 0.05) is 46.6 Å². The van der Waals surface area contributed by atoms with E-state index in [9.17, 15) is 14.0 Å². The van der Waals surface area contributed by atoms with Gasteiger partial charge in [0.25, 0.3) is 5.91 Å². The predicted molar refractivity (Wildman–Crippen MR) is 107 cm³/mol. The quantitative estimate of drug-likeness (QED) is 0.729. The number of fused-ring (bicyclic) bond motifs is 1. The van der Waals surface area contributed by atoms with E-state index in [2.05, 4.69) is 4.98 Å². The summed E-state index contributed by atoms with van der Waals surface area (Å²) in [6.07, 6.45) is 0.679. The third kappa shape index (κ3) is 3.62. The highest BCUT2D eigenvalue weighted by Gasteiger charge is 2.25. The van der Waals surface area contributed by atoms with Gasteiger partial charge in [0.05, 0.1) is 5.56 Å². The van der Waals surface area contributed by atoms with E-state index >= 15 is 0 Å². The van der Waals surface area contributed by atoms with Gasteiger partial charge in [-0.25, -0.2) is 4.39 Å². The van der Waals surface area contributed by atoms with Crippen molar-refractivity contribution in [2.24, 2.45) is 0 Å². The lowest BCUT2D eigenvalue weighted by Gasteiger charge is -2.21. The van der Waals surface area contributed by atoms with Gasteiger partial charge in [0.1, 0.15) is 5.82 Å². The van der Waals surface area contributed by atoms with Crippen LogP contribution >= 0.6 is 11.8 Å². The molecule has 2 heterocycles. The molecule has 2 aromatic carbocycles. The number of carbonyl (C=O) groups is 1. The number of aromatic nitrogens is 1. The SMILES string of the molecule is O=C(c1cc(=O)[nH]c2ccccc12)N1CCSC(c2ccccc2F)CC1. The third-order valence-corrected chi connectivity index (χ3v) is 6.17. The molecule has 0 aliphatic carbocycles. The first kappa shape index (κ1) is 17.8. The molecule has 6 heteroatoms. The summed E-state index contributed by atoms with van der Waals surface area (Å²) in [5.74, 6) is 0.383. The Balaban J connectivity index is 1.59. The summed E-state index contributed by atoms with van der Waals surface area (Å²) in [4.78, 5) is 29.6. The fourth-order valence-corrected chi connectivity index (χ4v) is 4.76. The maximum Gasteiger partial charge on any atom is 0.254 e. The molecule has 3 aromatic rings. The van der Waals surface area contributed by atoms with Crippen LogP contribution in [0, 0.1) is 5.82 Å². The van der Waals surface area contributed by atoms with Gasteiger partial charge in [0.2, 0.25) is 5.56 Å². The number of benzene rings is 2. The Morgan fingerprint density at radius 1 is 1.11 bits per heavy atom. The van der Waals surface area contributed by atoms with Gasteiger partial charge in [0.15, 0.2) is 0 Å². The summed E-state index contributed by atoms with van der Waals surface area (Å²) in [7, 11) is 0. The predicted octanol–water partition coefficient (Wildman–Crippen LogP) is 3.99. The molecule has 1 aromatic heterocycles. The molecule has 1 N–H and O–H groups in total. The van der Waals surface area contributed by atoms with Gasteiger partial charge in [-0.05, 0) is 18.6 Å². The number of nitrogens with one attached hydrogen (secondary N) is 1. The third-order valence-electron chi connectivity index (χ3n) is 4.86. The fraction of sp³-hybridized carbons (Fsp3) is 0.238. The van der Waals surface area contributed by atoms with E-state index < -0.39 is 0 Å². The van der Waals surface area contributed by atoms with Crippen LogP contribution in [0.5, 0.6) is 0 Å². The van der Waals surface area contributed by atoms with Crippen LogP contribution in [0.25, 0.3) is 10.9 Å². The van der Waals surface area contributed by atoms with Crippen LogP contribution < -0.4 is 5.56 Å². The minimum atomic E-state index is -0.287. The van der Waals surface area contributed by atoms with Crippen molar-refractivity contribution in [1.29, 1.82) is 0 Å². The highest BCUT2D eigenvalue weighted by atomic mass is 32.2. The van der Waals surface area contributed by atoms with Crippen LogP contribution in [0.1, 0.15) is 27.6 Å². The van der Waals surface area contributed by atoms with E-state index in [1.807, 2.05) is 30.3 Å². The van der Waals surface area contributed by atoms with Crippen molar-refractivity contribution < 1.29 is 9.18 Å². The summed E-state index contributed by atoms with van der Waals surface area (Å²) in [5, 5.41) is 0.768. The topological polar surface area (TPSA) is 53.2 Å². The van der Waals surface area contributed by atoms with E-state index in [1.165, 1.54) is 12.1 Å². The lowest BCUT2D eigenvalue weighted by Crippen LogP contribution is -2.33. The van der Waals surface area contributed by atoms with Crippen LogP contribution in [0.15, 0.2) is 59.4 Å². The molecule has 0 spiro atoms. The van der Waals surface area contributed by atoms with E-state index in [-0.39, 0.29) is 22.5 Å². The molecule has 1 amide bonds. The maximum absolute atomic E-state index is 14.1. The number of H-pyrrole nitrogens is 1. The molecular formula is C21H19FN2O2S. The van der Waals surface area contributed by atoms with E-state index in [0.717, 1.165) is 11.1 Å². The fourth-order valence-electron chi connectivity index (χ4n) is 3.51. The van der Waals surface area contributed by atoms with Crippen LogP contribution in [-0.4, -0.2) is 34.6 Å². The number of rotatable bonds is 2. The van der Waals surface area contributed by atoms with Gasteiger partial charge < -0.3 is 9.88 Å². The number of para-hydroxylation sites is 1. The second kappa shape index (κ2) is 7.56. The first-order chi connectivity index (χ1) is 13.1. The monoisotopic (exact) mass is 382 g/mol. The summed E-state index contributed by atoms with van der Waals surface area (Å²) in [5.41, 5.74) is 1.48. The van der Waals surface area contributed by atoms with Gasteiger partial charge in [-0.1, -0.05) is 36.4 Å². The first-order valence-corrected chi connectivity index (χ1v) is 9.96. The van der Waals surface area contributed by atoms with Crippen LogP contribution in [0.2, 0.25) is 0 Å². The number of amides is 1. The zero-order chi connectivity index (χ0) is 18.8. The largest absolute Gasteiger partial charge is 0.338 e. The van der Waals surface area contributed by atoms with Gasteiger partial charge in [-0.3, -0.25) is 9.59 Å². The summed E-state index contributed by atoms with van der Waals surface area (Å²) in [6, 6.07) is 15.5. The zero-order valence-corrected chi connectivity index (χ0v) is 15.5. The highest BCUT2D eigenvalue weighted by molar-refractivity contribution is 7.99. The summed E-state index contributed by atoms with van der Waals surface area (Å²) < 4.78 is 14.1. The van der Waals surface area contributed by atoms with Crippen molar-refractivity contribution in [2.75, 3.05) is 18.8 Å². The lowest BCUT2D eigenvalue weighted by atomic mass is 10.1. The molecular weight excluding hydrogens is 363 g/mol. The molecule has 4 nitrogen and oxygen atoms in total. The van der Waals surface area contributed by atoms with Crippen LogP contribution in [0.4, 0.5) is 4.39 Å². The van der Waals surface area contributed by atoms with Crippen molar-refractivity contribution >= 4 is 28.6 Å². The number of aromatic amines is 1. The average molecular weight is 382 g/mol. The number of thioether (sulfide) groups is 1. The Hall–Kier alpha value is -2.60. The Kier molecular flexibility index (Phi) is 4.99. The van der Waals surface area contributed by atoms with E-state index in [1.54, 1.807) is 28.8 Å². The standard InChI is InChI=1S/C21H19FN2O2S/c22-17-7-3-1-6-15(17)19-9-10-24(11-12-27-19)21(26)16-13-20(25)23-18-8-4-2-5-14(16)18/h1-8,13,19H,9-12H2,(H,23,25). The maximum atomic E-state index is 14.1. The molecule has 27 heavy (non-hydrogen) atoms. The molecule has 1 unspecified atom stereocenters. The summed E-state index contributed by atoms with van der Waals surface area (Å²) >= 11 is 1.67. The van der Waals surface area contributed by atoms with Crippen LogP contribution in [0.3, 0.4) is 0 Å². The average Bonchev–Trinajstić information content (AvgIpc) is 2.93. The Bertz CT molecular complexity index is 1050. The van der Waals surface area contributed by atoms with Crippen molar-refractivity contribution in [3.05, 3.63) is 81.9 Å². The number of nitrogens with zero attached hydrogens (tertiary/aromatic N) is 1. The normalized spacial score (nSPS) is 17.7. The molecule has 138 valence electrons. The van der Waals surface area contributed by atoms with Crippen molar-refractivity contribution in [3.63, 3.8) is 0 Å². The summed E-state index contributed by atoms with van der Waals surface area (Å²) in [6.45, 7) is 1.11. The Labute approximate surface area is 160 Å². The van der Waals surface area contributed by atoms with Gasteiger partial charge >= 0.3 is 0 Å². The Morgan fingerprint density at radius 2 is 1.89 bits per heavy atom. The van der Waals surface area contributed by atoms with E-state index in [4.69, 9.17) is 0 Å². The highest BCUT2D eigenvalue weighted by Crippen LogP contribution is 2.36. The van der Waals surface area contributed by atoms with Crippen LogP contribution in [-0.2, 0) is 0 Å². The lowest BCUT2D eigenvalue weighted by molar-refractivity contribution is 0.0768. The minimum absolute atomic E-state index is 0.0277. The zero-order valence-electron chi connectivity index (χ0n) is 14.7. The van der Waals surface area contributed by atoms with E-state index in [0.29, 0.717) is 36.2 Å². The van der Waals surface area contributed by atoms with Crippen molar-refractivity contribution in [1.82, 2.24) is 9.88 Å². The number of halogens is 1. The first-order valence-electron chi connectivity index (χ1n) is 8.91. The molecule has 1 aliphatic heterocycles. The Morgan fingerprint density at radius 3 is 2.74 bits per heavy atom. The van der Waals surface area contributed by atoms with Crippen molar-refractivity contribution in [2.45, 2.75) is 11.7 Å². The molecule has 4 rings (SSSR count). The molecule has 1 aliphatic rings. The number of hydrogen-bond donors (Lipinski definition) is 1. The van der Waals surface area contributed by atoms with Gasteiger partial charge in [-0.2, -0.15) is 11.8 Å².